The van der Waals surface area contributed by atoms with Crippen LogP contribution in [0, 0.1) is 0 Å². The fraction of sp³-hybridized carbons (Fsp3) is 0.0952. The van der Waals surface area contributed by atoms with Gasteiger partial charge in [0, 0.05) is 49.2 Å². The average Bonchev–Trinajstić information content (AvgIpc) is 2.78. The van der Waals surface area contributed by atoms with Crippen molar-refractivity contribution in [2.75, 3.05) is 19.4 Å². The Balaban J connectivity index is 1.78. The minimum atomic E-state index is -0.209. The maximum Gasteiger partial charge on any atom is 0.269 e. The first-order chi connectivity index (χ1) is 13.7. The number of rotatable bonds is 4. The van der Waals surface area contributed by atoms with Gasteiger partial charge in [-0.25, -0.2) is 9.97 Å². The molecule has 0 saturated heterocycles. The monoisotopic (exact) mass is 370 g/mol. The van der Waals surface area contributed by atoms with Gasteiger partial charge in [-0.2, -0.15) is 0 Å². The number of pyridine rings is 2. The first kappa shape index (κ1) is 17.5. The van der Waals surface area contributed by atoms with Crippen molar-refractivity contribution < 1.29 is 4.79 Å². The zero-order valence-corrected chi connectivity index (χ0v) is 15.5. The first-order valence-corrected chi connectivity index (χ1v) is 8.78. The number of fused-ring (bicyclic) bond motifs is 1. The molecule has 28 heavy (non-hydrogen) atoms. The third-order valence-corrected chi connectivity index (χ3v) is 4.41. The molecule has 0 atom stereocenters. The van der Waals surface area contributed by atoms with E-state index in [2.05, 4.69) is 30.6 Å². The van der Waals surface area contributed by atoms with Crippen LogP contribution in [0.1, 0.15) is 10.5 Å². The molecule has 0 spiro atoms. The minimum Gasteiger partial charge on any atom is -0.373 e. The highest BCUT2D eigenvalue weighted by molar-refractivity contribution is 5.94. The second-order valence-electron chi connectivity index (χ2n) is 6.13. The predicted molar refractivity (Wildman–Crippen MR) is 109 cm³/mol. The number of anilines is 1. The maximum atomic E-state index is 11.7. The van der Waals surface area contributed by atoms with E-state index in [1.165, 1.54) is 0 Å². The van der Waals surface area contributed by atoms with Crippen molar-refractivity contribution >= 4 is 22.6 Å². The first-order valence-electron chi connectivity index (χ1n) is 8.78. The molecule has 0 aliphatic heterocycles. The molecule has 0 radical (unpaired) electrons. The van der Waals surface area contributed by atoms with Gasteiger partial charge in [-0.15, -0.1) is 0 Å². The largest absolute Gasteiger partial charge is 0.373 e. The molecule has 0 aliphatic rings. The normalized spacial score (nSPS) is 10.6. The minimum absolute atomic E-state index is 0.209. The molecule has 3 heterocycles. The predicted octanol–water partition coefficient (Wildman–Crippen LogP) is 3.16. The fourth-order valence-electron chi connectivity index (χ4n) is 2.95. The molecule has 7 nitrogen and oxygen atoms in total. The number of hydrogen-bond acceptors (Lipinski definition) is 6. The Bertz CT molecular complexity index is 1140. The van der Waals surface area contributed by atoms with Crippen LogP contribution in [0.5, 0.6) is 0 Å². The maximum absolute atomic E-state index is 11.7. The number of benzene rings is 1. The van der Waals surface area contributed by atoms with Gasteiger partial charge in [0.25, 0.3) is 5.91 Å². The lowest BCUT2D eigenvalue weighted by Gasteiger charge is -2.10. The van der Waals surface area contributed by atoms with E-state index in [-0.39, 0.29) is 5.91 Å². The number of aromatic nitrogens is 4. The number of carbonyl (C=O) groups excluding carboxylic acids is 1. The summed E-state index contributed by atoms with van der Waals surface area (Å²) >= 11 is 0. The summed E-state index contributed by atoms with van der Waals surface area (Å²) in [6.07, 6.45) is 5.16. The van der Waals surface area contributed by atoms with Gasteiger partial charge in [-0.1, -0.05) is 12.1 Å². The number of hydrogen-bond donors (Lipinski definition) is 2. The van der Waals surface area contributed by atoms with Gasteiger partial charge >= 0.3 is 0 Å². The molecule has 1 aromatic carbocycles. The van der Waals surface area contributed by atoms with Crippen molar-refractivity contribution in [1.29, 1.82) is 0 Å². The van der Waals surface area contributed by atoms with E-state index in [4.69, 9.17) is 0 Å². The third kappa shape index (κ3) is 3.25. The smallest absolute Gasteiger partial charge is 0.269 e. The number of nitrogens with zero attached hydrogens (tertiary/aromatic N) is 4. The molecule has 138 valence electrons. The zero-order chi connectivity index (χ0) is 19.5. The number of amides is 1. The van der Waals surface area contributed by atoms with E-state index >= 15 is 0 Å². The third-order valence-electron chi connectivity index (χ3n) is 4.41. The van der Waals surface area contributed by atoms with Crippen LogP contribution in [0.25, 0.3) is 33.4 Å². The molecule has 4 rings (SSSR count). The number of nitrogens with one attached hydrogen (secondary N) is 2. The van der Waals surface area contributed by atoms with Crippen LogP contribution in [0.3, 0.4) is 0 Å². The van der Waals surface area contributed by atoms with Gasteiger partial charge in [0.2, 0.25) is 0 Å². The van der Waals surface area contributed by atoms with E-state index < -0.39 is 0 Å². The molecular weight excluding hydrogens is 352 g/mol. The second kappa shape index (κ2) is 7.40. The Morgan fingerprint density at radius 3 is 2.46 bits per heavy atom. The van der Waals surface area contributed by atoms with Crippen LogP contribution in [-0.4, -0.2) is 39.9 Å². The Morgan fingerprint density at radius 1 is 0.929 bits per heavy atom. The standard InChI is InChI=1S/C21H18N6O/c1-22-20-16-10-13(14-6-8-18(25-12-14)21(28)23-2)5-7-17(16)26-19(27-20)15-4-3-9-24-11-15/h3-12H,1-2H3,(H,23,28)(H,22,26,27). The van der Waals surface area contributed by atoms with Crippen molar-refractivity contribution in [2.24, 2.45) is 0 Å². The molecule has 0 aliphatic carbocycles. The SMILES string of the molecule is CNC(=O)c1ccc(-c2ccc3nc(-c4cccnc4)nc(NC)c3c2)cn1. The van der Waals surface area contributed by atoms with Crippen molar-refractivity contribution in [2.45, 2.75) is 0 Å². The van der Waals surface area contributed by atoms with Gasteiger partial charge in [-0.05, 0) is 35.9 Å². The average molecular weight is 370 g/mol. The number of carbonyl (C=O) groups is 1. The van der Waals surface area contributed by atoms with Crippen LogP contribution < -0.4 is 10.6 Å². The van der Waals surface area contributed by atoms with Crippen molar-refractivity contribution in [3.63, 3.8) is 0 Å². The van der Waals surface area contributed by atoms with Crippen molar-refractivity contribution in [3.05, 3.63) is 66.7 Å². The van der Waals surface area contributed by atoms with Crippen LogP contribution in [0.2, 0.25) is 0 Å². The lowest BCUT2D eigenvalue weighted by molar-refractivity contribution is 0.0958. The Morgan fingerprint density at radius 2 is 1.79 bits per heavy atom. The quantitative estimate of drug-likeness (QED) is 0.573. The van der Waals surface area contributed by atoms with E-state index in [9.17, 15) is 4.79 Å². The van der Waals surface area contributed by atoms with Gasteiger partial charge in [0.1, 0.15) is 11.5 Å². The summed E-state index contributed by atoms with van der Waals surface area (Å²) < 4.78 is 0. The van der Waals surface area contributed by atoms with Crippen LogP contribution in [-0.2, 0) is 0 Å². The fourth-order valence-corrected chi connectivity index (χ4v) is 2.95. The molecular formula is C21H18N6O. The summed E-state index contributed by atoms with van der Waals surface area (Å²) in [5.41, 5.74) is 3.95. The summed E-state index contributed by atoms with van der Waals surface area (Å²) in [5.74, 6) is 1.15. The molecule has 2 N–H and O–H groups in total. The molecule has 1 amide bonds. The second-order valence-corrected chi connectivity index (χ2v) is 6.13. The molecule has 0 fully saturated rings. The summed E-state index contributed by atoms with van der Waals surface area (Å²) in [6, 6.07) is 13.3. The van der Waals surface area contributed by atoms with E-state index in [0.717, 1.165) is 33.4 Å². The molecule has 0 saturated carbocycles. The molecule has 7 heteroatoms. The molecule has 3 aromatic heterocycles. The zero-order valence-electron chi connectivity index (χ0n) is 15.5. The highest BCUT2D eigenvalue weighted by Gasteiger charge is 2.11. The van der Waals surface area contributed by atoms with Gasteiger partial charge in [-0.3, -0.25) is 14.8 Å². The summed E-state index contributed by atoms with van der Waals surface area (Å²) in [6.45, 7) is 0. The van der Waals surface area contributed by atoms with Gasteiger partial charge in [0.15, 0.2) is 5.82 Å². The Labute approximate surface area is 161 Å². The van der Waals surface area contributed by atoms with Crippen LogP contribution >= 0.6 is 0 Å². The van der Waals surface area contributed by atoms with E-state index in [0.29, 0.717) is 11.5 Å². The Kier molecular flexibility index (Phi) is 4.63. The summed E-state index contributed by atoms with van der Waals surface area (Å²) in [5, 5.41) is 6.62. The van der Waals surface area contributed by atoms with Gasteiger partial charge in [0.05, 0.1) is 5.52 Å². The Hall–Kier alpha value is -3.87. The van der Waals surface area contributed by atoms with Crippen molar-refractivity contribution in [3.8, 4) is 22.5 Å². The van der Waals surface area contributed by atoms with Crippen molar-refractivity contribution in [1.82, 2.24) is 25.3 Å². The highest BCUT2D eigenvalue weighted by Crippen LogP contribution is 2.29. The lowest BCUT2D eigenvalue weighted by atomic mass is 10.0. The van der Waals surface area contributed by atoms with Gasteiger partial charge < -0.3 is 10.6 Å². The van der Waals surface area contributed by atoms with Crippen LogP contribution in [0.15, 0.2) is 61.1 Å². The molecule has 0 bridgehead atoms. The highest BCUT2D eigenvalue weighted by atomic mass is 16.1. The van der Waals surface area contributed by atoms with E-state index in [1.54, 1.807) is 31.7 Å². The summed E-state index contributed by atoms with van der Waals surface area (Å²) in [7, 11) is 3.42. The lowest BCUT2D eigenvalue weighted by Crippen LogP contribution is -2.18. The summed E-state index contributed by atoms with van der Waals surface area (Å²) in [4.78, 5) is 29.4. The topological polar surface area (TPSA) is 92.7 Å². The van der Waals surface area contributed by atoms with E-state index in [1.807, 2.05) is 43.4 Å². The molecule has 0 unspecified atom stereocenters. The van der Waals surface area contributed by atoms with Crippen LogP contribution in [0.4, 0.5) is 5.82 Å². The molecule has 4 aromatic rings.